The largest absolute Gasteiger partial charge is 0.444 e. The van der Waals surface area contributed by atoms with E-state index in [4.69, 9.17) is 4.74 Å². The number of ether oxygens (including phenoxy) is 1. The topological polar surface area (TPSA) is 62.4 Å². The lowest BCUT2D eigenvalue weighted by Gasteiger charge is -2.30. The third-order valence-electron chi connectivity index (χ3n) is 4.03. The highest BCUT2D eigenvalue weighted by Crippen LogP contribution is 2.29. The molecule has 3 rings (SSSR count). The molecule has 1 amide bonds. The fraction of sp³-hybridized carbons (Fsp3) is 0.444. The van der Waals surface area contributed by atoms with E-state index >= 15 is 0 Å². The Kier molecular flexibility index (Phi) is 3.66. The molecule has 0 spiro atoms. The Morgan fingerprint density at radius 1 is 1.26 bits per heavy atom. The first kappa shape index (κ1) is 15.6. The molecule has 1 aliphatic heterocycles. The summed E-state index contributed by atoms with van der Waals surface area (Å²) in [7, 11) is 0. The van der Waals surface area contributed by atoms with Crippen LogP contribution in [0.5, 0.6) is 0 Å². The van der Waals surface area contributed by atoms with E-state index < -0.39 is 5.60 Å². The number of hydrogen-bond donors (Lipinski definition) is 1. The zero-order valence-electron chi connectivity index (χ0n) is 14.0. The van der Waals surface area contributed by atoms with Crippen LogP contribution in [0.2, 0.25) is 0 Å². The van der Waals surface area contributed by atoms with Crippen molar-refractivity contribution >= 4 is 22.8 Å². The van der Waals surface area contributed by atoms with Crippen LogP contribution < -0.4 is 0 Å². The predicted molar refractivity (Wildman–Crippen MR) is 88.7 cm³/mol. The van der Waals surface area contributed by atoms with Crippen molar-refractivity contribution in [2.45, 2.75) is 46.3 Å². The second kappa shape index (κ2) is 5.41. The molecular formula is C18H22N2O3. The number of carbonyl (C=O) groups is 2. The Labute approximate surface area is 135 Å². The molecule has 0 unspecified atom stereocenters. The Morgan fingerprint density at radius 3 is 2.65 bits per heavy atom. The van der Waals surface area contributed by atoms with Gasteiger partial charge in [0.15, 0.2) is 5.78 Å². The van der Waals surface area contributed by atoms with E-state index in [1.165, 1.54) is 0 Å². The molecule has 1 aliphatic rings. The van der Waals surface area contributed by atoms with Gasteiger partial charge in [-0.2, -0.15) is 0 Å². The molecular weight excluding hydrogens is 292 g/mol. The van der Waals surface area contributed by atoms with Crippen molar-refractivity contribution < 1.29 is 14.3 Å². The number of nitrogens with one attached hydrogen (secondary N) is 1. The highest BCUT2D eigenvalue weighted by atomic mass is 16.6. The molecule has 0 fully saturated rings. The normalized spacial score (nSPS) is 14.7. The number of ketones is 1. The van der Waals surface area contributed by atoms with Gasteiger partial charge in [-0.3, -0.25) is 4.79 Å². The van der Waals surface area contributed by atoms with Crippen LogP contribution in [0.4, 0.5) is 4.79 Å². The zero-order chi connectivity index (χ0) is 16.8. The maximum absolute atomic E-state index is 12.3. The molecule has 0 bridgehead atoms. The van der Waals surface area contributed by atoms with Gasteiger partial charge in [0.2, 0.25) is 0 Å². The first-order valence-corrected chi connectivity index (χ1v) is 7.87. The minimum absolute atomic E-state index is 0.0432. The molecule has 1 N–H and O–H groups in total. The number of rotatable bonds is 1. The van der Waals surface area contributed by atoms with Gasteiger partial charge >= 0.3 is 6.09 Å². The second-order valence-corrected chi connectivity index (χ2v) is 7.05. The van der Waals surface area contributed by atoms with Crippen LogP contribution in [0.3, 0.4) is 0 Å². The summed E-state index contributed by atoms with van der Waals surface area (Å²) in [6.07, 6.45) is 0.471. The minimum atomic E-state index is -0.501. The molecule has 2 aromatic rings. The molecule has 2 heterocycles. The maximum Gasteiger partial charge on any atom is 0.410 e. The Morgan fingerprint density at radius 2 is 2.00 bits per heavy atom. The predicted octanol–water partition coefficient (Wildman–Crippen LogP) is 3.66. The molecule has 0 atom stereocenters. The van der Waals surface area contributed by atoms with E-state index in [9.17, 15) is 9.59 Å². The van der Waals surface area contributed by atoms with Crippen LogP contribution >= 0.6 is 0 Å². The van der Waals surface area contributed by atoms with Gasteiger partial charge in [0.1, 0.15) is 5.60 Å². The molecule has 5 heteroatoms. The number of Topliss-reactive ketones (excluding diaryl/α,β-unsaturated/α-hetero) is 1. The lowest BCUT2D eigenvalue weighted by Crippen LogP contribution is -2.39. The molecule has 0 aliphatic carbocycles. The van der Waals surface area contributed by atoms with Crippen molar-refractivity contribution in [2.75, 3.05) is 6.54 Å². The summed E-state index contributed by atoms with van der Waals surface area (Å²) in [6.45, 7) is 8.30. The summed E-state index contributed by atoms with van der Waals surface area (Å²) in [5.74, 6) is 0.0432. The molecule has 0 saturated carbocycles. The molecule has 0 radical (unpaired) electrons. The lowest BCUT2D eigenvalue weighted by atomic mass is 10.0. The van der Waals surface area contributed by atoms with Gasteiger partial charge in [0.05, 0.1) is 6.54 Å². The van der Waals surface area contributed by atoms with Gasteiger partial charge in [-0.05, 0) is 45.9 Å². The van der Waals surface area contributed by atoms with Gasteiger partial charge in [0.25, 0.3) is 0 Å². The minimum Gasteiger partial charge on any atom is -0.444 e. The van der Waals surface area contributed by atoms with Crippen LogP contribution in [-0.4, -0.2) is 33.9 Å². The molecule has 122 valence electrons. The van der Waals surface area contributed by atoms with Gasteiger partial charge in [-0.25, -0.2) is 4.79 Å². The molecule has 1 aromatic heterocycles. The first-order chi connectivity index (χ1) is 10.7. The summed E-state index contributed by atoms with van der Waals surface area (Å²) in [5, 5.41) is 1.01. The van der Waals surface area contributed by atoms with Gasteiger partial charge in [-0.15, -0.1) is 0 Å². The molecule has 1 aromatic carbocycles. The summed E-state index contributed by atoms with van der Waals surface area (Å²) < 4.78 is 5.47. The smallest absolute Gasteiger partial charge is 0.410 e. The highest BCUT2D eigenvalue weighted by Gasteiger charge is 2.27. The Hall–Kier alpha value is -2.30. The van der Waals surface area contributed by atoms with Crippen molar-refractivity contribution in [2.24, 2.45) is 0 Å². The first-order valence-electron chi connectivity index (χ1n) is 7.87. The summed E-state index contributed by atoms with van der Waals surface area (Å²) in [4.78, 5) is 29.0. The average molecular weight is 314 g/mol. The Bertz CT molecular complexity index is 783. The van der Waals surface area contributed by atoms with Crippen molar-refractivity contribution in [1.29, 1.82) is 0 Å². The molecule has 23 heavy (non-hydrogen) atoms. The number of amides is 1. The van der Waals surface area contributed by atoms with Crippen LogP contribution in [0.25, 0.3) is 10.9 Å². The lowest BCUT2D eigenvalue weighted by molar-refractivity contribution is 0.0224. The van der Waals surface area contributed by atoms with Crippen molar-refractivity contribution in [3.8, 4) is 0 Å². The van der Waals surface area contributed by atoms with Gasteiger partial charge in [-0.1, -0.05) is 0 Å². The van der Waals surface area contributed by atoms with E-state index in [-0.39, 0.29) is 11.9 Å². The fourth-order valence-electron chi connectivity index (χ4n) is 2.92. The number of H-pyrrole nitrogens is 1. The van der Waals surface area contributed by atoms with E-state index in [0.29, 0.717) is 18.7 Å². The number of nitrogens with zero attached hydrogens (tertiary/aromatic N) is 1. The second-order valence-electron chi connectivity index (χ2n) is 7.05. The molecule has 5 nitrogen and oxygen atoms in total. The number of hydrogen-bond acceptors (Lipinski definition) is 3. The Balaban J connectivity index is 1.92. The quantitative estimate of drug-likeness (QED) is 0.817. The van der Waals surface area contributed by atoms with Crippen LogP contribution in [0.1, 0.15) is 49.3 Å². The maximum atomic E-state index is 12.3. The number of fused-ring (bicyclic) bond motifs is 3. The van der Waals surface area contributed by atoms with E-state index in [1.807, 2.05) is 39.0 Å². The average Bonchev–Trinajstić information content (AvgIpc) is 2.82. The van der Waals surface area contributed by atoms with Crippen LogP contribution in [0, 0.1) is 0 Å². The third kappa shape index (κ3) is 3.09. The van der Waals surface area contributed by atoms with E-state index in [2.05, 4.69) is 4.98 Å². The van der Waals surface area contributed by atoms with Gasteiger partial charge in [0, 0.05) is 40.7 Å². The summed E-state index contributed by atoms with van der Waals surface area (Å²) in [6, 6.07) is 5.67. The monoisotopic (exact) mass is 314 g/mol. The number of aromatic nitrogens is 1. The van der Waals surface area contributed by atoms with Gasteiger partial charge < -0.3 is 14.6 Å². The summed E-state index contributed by atoms with van der Waals surface area (Å²) in [5.41, 5.74) is 3.42. The molecule has 0 saturated heterocycles. The van der Waals surface area contributed by atoms with E-state index in [0.717, 1.165) is 28.6 Å². The number of aromatic amines is 1. The SMILES string of the molecule is CC(=O)c1ccc2[nH]c3c(c2c1)CN(C(=O)OC(C)(C)C)CC3. The number of benzene rings is 1. The third-order valence-corrected chi connectivity index (χ3v) is 4.03. The fourth-order valence-corrected chi connectivity index (χ4v) is 2.92. The van der Waals surface area contributed by atoms with E-state index in [1.54, 1.807) is 11.8 Å². The van der Waals surface area contributed by atoms with Crippen molar-refractivity contribution in [1.82, 2.24) is 9.88 Å². The standard InChI is InChI=1S/C18H22N2O3/c1-11(21)12-5-6-15-13(9-12)14-10-20(8-7-16(14)19-15)17(22)23-18(2,3)4/h5-6,9,19H,7-8,10H2,1-4H3. The zero-order valence-corrected chi connectivity index (χ0v) is 14.0. The summed E-state index contributed by atoms with van der Waals surface area (Å²) >= 11 is 0. The van der Waals surface area contributed by atoms with Crippen LogP contribution in [0.15, 0.2) is 18.2 Å². The van der Waals surface area contributed by atoms with Crippen LogP contribution in [-0.2, 0) is 17.7 Å². The van der Waals surface area contributed by atoms with Crippen molar-refractivity contribution in [3.63, 3.8) is 0 Å². The van der Waals surface area contributed by atoms with Crippen molar-refractivity contribution in [3.05, 3.63) is 35.0 Å². The highest BCUT2D eigenvalue weighted by molar-refractivity contribution is 5.99. The number of carbonyl (C=O) groups excluding carboxylic acids is 2.